The van der Waals surface area contributed by atoms with E-state index in [2.05, 4.69) is 13.8 Å². The van der Waals surface area contributed by atoms with Gasteiger partial charge in [-0.2, -0.15) is 0 Å². The van der Waals surface area contributed by atoms with Crippen molar-refractivity contribution in [3.8, 4) is 0 Å². The molecule has 0 spiro atoms. The van der Waals surface area contributed by atoms with Crippen molar-refractivity contribution >= 4 is 0 Å². The smallest absolute Gasteiger partial charge is 0.0589 e. The maximum atomic E-state index is 5.95. The summed E-state index contributed by atoms with van der Waals surface area (Å²) in [6.45, 7) is 4.93. The van der Waals surface area contributed by atoms with E-state index < -0.39 is 0 Å². The van der Waals surface area contributed by atoms with E-state index in [9.17, 15) is 0 Å². The molecule has 2 saturated heterocycles. The van der Waals surface area contributed by atoms with Gasteiger partial charge in [0.05, 0.1) is 12.2 Å². The molecule has 4 bridgehead atoms. The van der Waals surface area contributed by atoms with E-state index in [0.29, 0.717) is 23.0 Å². The van der Waals surface area contributed by atoms with Crippen LogP contribution in [0.15, 0.2) is 0 Å². The molecule has 0 unspecified atom stereocenters. The Morgan fingerprint density at radius 1 is 0.917 bits per heavy atom. The highest BCUT2D eigenvalue weighted by atomic mass is 16.5. The van der Waals surface area contributed by atoms with Gasteiger partial charge in [0.2, 0.25) is 0 Å². The third-order valence-electron chi connectivity index (χ3n) is 4.12. The molecule has 4 rings (SSSR count). The zero-order chi connectivity index (χ0) is 8.40. The third-order valence-corrected chi connectivity index (χ3v) is 4.12. The molecule has 4 fully saturated rings. The maximum Gasteiger partial charge on any atom is 0.0589 e. The molecule has 1 nitrogen and oxygen atoms in total. The number of hydrogen-bond donors (Lipinski definition) is 0. The Kier molecular flexibility index (Phi) is 1.16. The number of rotatable bonds is 0. The molecule has 0 aromatic heterocycles. The summed E-state index contributed by atoms with van der Waals surface area (Å²) >= 11 is 0. The van der Waals surface area contributed by atoms with E-state index in [0.717, 1.165) is 0 Å². The topological polar surface area (TPSA) is 9.23 Å². The zero-order valence-electron chi connectivity index (χ0n) is 8.10. The second kappa shape index (κ2) is 1.89. The van der Waals surface area contributed by atoms with Gasteiger partial charge in [0.1, 0.15) is 0 Å². The van der Waals surface area contributed by atoms with E-state index in [1.807, 2.05) is 0 Å². The monoisotopic (exact) mass is 166 g/mol. The Morgan fingerprint density at radius 2 is 1.33 bits per heavy atom. The maximum absolute atomic E-state index is 5.95. The molecule has 12 heavy (non-hydrogen) atoms. The molecule has 2 aliphatic heterocycles. The van der Waals surface area contributed by atoms with Gasteiger partial charge in [0.25, 0.3) is 0 Å². The second-order valence-electron chi connectivity index (χ2n) is 5.99. The van der Waals surface area contributed by atoms with Crippen molar-refractivity contribution in [3.63, 3.8) is 0 Å². The molecule has 2 saturated carbocycles. The molecule has 0 N–H and O–H groups in total. The van der Waals surface area contributed by atoms with E-state index in [1.54, 1.807) is 0 Å². The summed E-state index contributed by atoms with van der Waals surface area (Å²) in [5, 5.41) is 0. The summed E-state index contributed by atoms with van der Waals surface area (Å²) in [6.07, 6.45) is 8.01. The molecule has 4 aliphatic rings. The quantitative estimate of drug-likeness (QED) is 0.537. The van der Waals surface area contributed by atoms with Crippen LogP contribution in [0.1, 0.15) is 46.0 Å². The van der Waals surface area contributed by atoms with Crippen LogP contribution in [0.4, 0.5) is 0 Å². The van der Waals surface area contributed by atoms with Gasteiger partial charge in [-0.3, -0.25) is 0 Å². The fraction of sp³-hybridized carbons (Fsp3) is 1.00. The first-order valence-corrected chi connectivity index (χ1v) is 5.23. The molecule has 2 heterocycles. The fourth-order valence-electron chi connectivity index (χ4n) is 4.29. The molecule has 0 aromatic rings. The first kappa shape index (κ1) is 7.37. The summed E-state index contributed by atoms with van der Waals surface area (Å²) in [5.74, 6) is 0. The largest absolute Gasteiger partial charge is 0.375 e. The minimum absolute atomic E-state index is 0.612. The van der Waals surface area contributed by atoms with Gasteiger partial charge in [-0.15, -0.1) is 0 Å². The molecule has 0 atom stereocenters. The number of ether oxygens (including phenoxy) is 1. The zero-order valence-corrected chi connectivity index (χ0v) is 8.10. The van der Waals surface area contributed by atoms with Crippen molar-refractivity contribution < 1.29 is 4.74 Å². The van der Waals surface area contributed by atoms with Crippen LogP contribution in [0.25, 0.3) is 0 Å². The lowest BCUT2D eigenvalue weighted by Crippen LogP contribution is -2.55. The third kappa shape index (κ3) is 0.891. The predicted octanol–water partition coefficient (Wildman–Crippen LogP) is 2.74. The summed E-state index contributed by atoms with van der Waals surface area (Å²) in [4.78, 5) is 0. The summed E-state index contributed by atoms with van der Waals surface area (Å²) in [7, 11) is 0. The summed E-state index contributed by atoms with van der Waals surface area (Å²) in [5.41, 5.74) is 1.28. The normalized spacial score (nSPS) is 62.5. The van der Waals surface area contributed by atoms with E-state index in [1.165, 1.54) is 32.1 Å². The molecule has 0 aromatic carbocycles. The van der Waals surface area contributed by atoms with Gasteiger partial charge in [0.15, 0.2) is 0 Å². The Balaban J connectivity index is 1.98. The van der Waals surface area contributed by atoms with Crippen molar-refractivity contribution in [1.29, 1.82) is 0 Å². The Bertz CT molecular complexity index is 187. The number of hydrogen-bond acceptors (Lipinski definition) is 1. The molecular weight excluding hydrogens is 148 g/mol. The summed E-state index contributed by atoms with van der Waals surface area (Å²) in [6, 6.07) is 0. The van der Waals surface area contributed by atoms with Crippen molar-refractivity contribution in [2.24, 2.45) is 10.8 Å². The Hall–Kier alpha value is -0.0400. The van der Waals surface area contributed by atoms with E-state index >= 15 is 0 Å². The van der Waals surface area contributed by atoms with E-state index in [4.69, 9.17) is 4.74 Å². The van der Waals surface area contributed by atoms with Gasteiger partial charge in [-0.05, 0) is 42.9 Å². The minimum atomic E-state index is 0.612. The lowest BCUT2D eigenvalue weighted by atomic mass is 9.53. The van der Waals surface area contributed by atoms with Crippen LogP contribution >= 0.6 is 0 Å². The van der Waals surface area contributed by atoms with Gasteiger partial charge in [0, 0.05) is 0 Å². The van der Waals surface area contributed by atoms with Crippen molar-refractivity contribution in [2.45, 2.75) is 58.2 Å². The van der Waals surface area contributed by atoms with Gasteiger partial charge >= 0.3 is 0 Å². The van der Waals surface area contributed by atoms with Gasteiger partial charge in [-0.25, -0.2) is 0 Å². The van der Waals surface area contributed by atoms with Gasteiger partial charge in [-0.1, -0.05) is 13.8 Å². The van der Waals surface area contributed by atoms with Crippen molar-refractivity contribution in [3.05, 3.63) is 0 Å². The fourth-order valence-corrected chi connectivity index (χ4v) is 4.29. The van der Waals surface area contributed by atoms with Crippen LogP contribution in [-0.2, 0) is 4.74 Å². The highest BCUT2D eigenvalue weighted by Gasteiger charge is 2.54. The van der Waals surface area contributed by atoms with Crippen LogP contribution in [0.5, 0.6) is 0 Å². The van der Waals surface area contributed by atoms with Crippen molar-refractivity contribution in [2.75, 3.05) is 0 Å². The molecule has 1 heteroatoms. The van der Waals surface area contributed by atoms with Crippen molar-refractivity contribution in [1.82, 2.24) is 0 Å². The lowest BCUT2D eigenvalue weighted by molar-refractivity contribution is -0.213. The van der Waals surface area contributed by atoms with Crippen LogP contribution in [0.3, 0.4) is 0 Å². The highest BCUT2D eigenvalue weighted by Crippen LogP contribution is 2.60. The average molecular weight is 166 g/mol. The lowest BCUT2D eigenvalue weighted by Gasteiger charge is -2.59. The molecule has 0 radical (unpaired) electrons. The Labute approximate surface area is 74.5 Å². The van der Waals surface area contributed by atoms with E-state index in [-0.39, 0.29) is 0 Å². The first-order chi connectivity index (χ1) is 5.57. The minimum Gasteiger partial charge on any atom is -0.375 e. The molecular formula is C11H18O. The van der Waals surface area contributed by atoms with Crippen LogP contribution < -0.4 is 0 Å². The van der Waals surface area contributed by atoms with Crippen LogP contribution in [0, 0.1) is 10.8 Å². The predicted molar refractivity (Wildman–Crippen MR) is 48.0 cm³/mol. The summed E-state index contributed by atoms with van der Waals surface area (Å²) < 4.78 is 5.95. The highest BCUT2D eigenvalue weighted by molar-refractivity contribution is 5.04. The Morgan fingerprint density at radius 3 is 1.67 bits per heavy atom. The molecule has 68 valence electrons. The molecule has 0 amide bonds. The SMILES string of the molecule is CC12CC3CC(C)(CC(C1)O3)C2. The second-order valence-corrected chi connectivity index (χ2v) is 5.99. The van der Waals surface area contributed by atoms with Crippen LogP contribution in [0.2, 0.25) is 0 Å². The van der Waals surface area contributed by atoms with Gasteiger partial charge < -0.3 is 4.74 Å². The van der Waals surface area contributed by atoms with Crippen LogP contribution in [-0.4, -0.2) is 12.2 Å². The average Bonchev–Trinajstić information content (AvgIpc) is 1.75. The first-order valence-electron chi connectivity index (χ1n) is 5.23. The molecule has 2 aliphatic carbocycles. The standard InChI is InChI=1S/C11H18O/c1-10-3-8-5-11(2,7-10)6-9(4-10)12-8/h8-9H,3-7H2,1-2H3.